The molecule has 1 N–H and O–H groups in total. The number of nitrogens with one attached hydrogen (secondary N) is 1. The quantitative estimate of drug-likeness (QED) is 0.343. The first-order chi connectivity index (χ1) is 14.5. The summed E-state index contributed by atoms with van der Waals surface area (Å²) in [6, 6.07) is 16.5. The van der Waals surface area contributed by atoms with E-state index in [0.29, 0.717) is 33.5 Å². The number of benzene rings is 2. The van der Waals surface area contributed by atoms with Gasteiger partial charge in [0.05, 0.1) is 34.3 Å². The fraction of sp³-hybridized carbons (Fsp3) is 0.0870. The highest BCUT2D eigenvalue weighted by atomic mass is 35.5. The topological polar surface area (TPSA) is 91.9 Å². The largest absolute Gasteiger partial charge is 0.465 e. The fourth-order valence-electron chi connectivity index (χ4n) is 3.08. The Kier molecular flexibility index (Phi) is 5.13. The second-order valence-corrected chi connectivity index (χ2v) is 7.07. The number of halogens is 1. The number of H-pyrrole nitrogens is 1. The summed E-state index contributed by atoms with van der Waals surface area (Å²) in [6.45, 7) is 1.99. The third kappa shape index (κ3) is 3.71. The van der Waals surface area contributed by atoms with Crippen LogP contribution in [0.2, 0.25) is 5.02 Å². The average molecular weight is 418 g/mol. The van der Waals surface area contributed by atoms with Gasteiger partial charge in [-0.25, -0.2) is 9.78 Å². The number of imidazole rings is 1. The summed E-state index contributed by atoms with van der Waals surface area (Å²) >= 11 is 6.07. The second-order valence-electron chi connectivity index (χ2n) is 6.66. The Morgan fingerprint density at radius 2 is 2.07 bits per heavy atom. The smallest absolute Gasteiger partial charge is 0.339 e. The van der Waals surface area contributed by atoms with Gasteiger partial charge in [-0.2, -0.15) is 5.26 Å². The fourth-order valence-corrected chi connectivity index (χ4v) is 3.27. The van der Waals surface area contributed by atoms with Gasteiger partial charge in [-0.15, -0.1) is 0 Å². The second kappa shape index (κ2) is 7.90. The lowest BCUT2D eigenvalue weighted by molar-refractivity contribution is 0.0601. The van der Waals surface area contributed by atoms with Crippen molar-refractivity contribution in [3.8, 4) is 17.4 Å². The highest BCUT2D eigenvalue weighted by Crippen LogP contribution is 2.29. The molecule has 0 fully saturated rings. The maximum Gasteiger partial charge on any atom is 0.339 e. The van der Waals surface area contributed by atoms with E-state index >= 15 is 0 Å². The van der Waals surface area contributed by atoms with Gasteiger partial charge < -0.3 is 14.1 Å². The first kappa shape index (κ1) is 19.5. The zero-order chi connectivity index (χ0) is 21.3. The molecule has 4 rings (SSSR count). The molecule has 7 heteroatoms. The van der Waals surface area contributed by atoms with Crippen LogP contribution in [0.15, 0.2) is 52.9 Å². The van der Waals surface area contributed by atoms with E-state index in [-0.39, 0.29) is 5.56 Å². The van der Waals surface area contributed by atoms with Crippen molar-refractivity contribution in [2.24, 2.45) is 0 Å². The molecule has 2 aromatic heterocycles. The number of nitrogens with zero attached hydrogens (tertiary/aromatic N) is 2. The average Bonchev–Trinajstić information content (AvgIpc) is 3.38. The lowest BCUT2D eigenvalue weighted by atomic mass is 10.1. The molecule has 148 valence electrons. The van der Waals surface area contributed by atoms with Crippen LogP contribution in [0.5, 0.6) is 0 Å². The molecule has 0 saturated carbocycles. The summed E-state index contributed by atoms with van der Waals surface area (Å²) < 4.78 is 10.6. The SMILES string of the molecule is COC(=O)c1cc(-c2ccc(/C=C(\C#N)c3nc4ccc(C)cc4[nH]3)o2)ccc1Cl. The molecule has 4 aromatic rings. The van der Waals surface area contributed by atoms with Gasteiger partial charge in [0.2, 0.25) is 0 Å². The van der Waals surface area contributed by atoms with Gasteiger partial charge in [0.1, 0.15) is 23.4 Å². The maximum absolute atomic E-state index is 11.9. The molecule has 0 aliphatic heterocycles. The van der Waals surface area contributed by atoms with Crippen LogP contribution in [0, 0.1) is 18.3 Å². The zero-order valence-corrected chi connectivity index (χ0v) is 16.9. The number of furan rings is 1. The maximum atomic E-state index is 11.9. The molecule has 6 nitrogen and oxygen atoms in total. The Balaban J connectivity index is 1.68. The number of nitriles is 1. The molecule has 0 aliphatic rings. The summed E-state index contributed by atoms with van der Waals surface area (Å²) in [5, 5.41) is 9.91. The highest BCUT2D eigenvalue weighted by Gasteiger charge is 2.14. The number of allylic oxidation sites excluding steroid dienone is 1. The number of methoxy groups -OCH3 is 1. The van der Waals surface area contributed by atoms with Crippen LogP contribution in [-0.2, 0) is 4.74 Å². The number of carbonyl (C=O) groups is 1. The molecular weight excluding hydrogens is 402 g/mol. The predicted molar refractivity (Wildman–Crippen MR) is 115 cm³/mol. The molecule has 2 heterocycles. The summed E-state index contributed by atoms with van der Waals surface area (Å²) in [7, 11) is 1.30. The minimum atomic E-state index is -0.527. The van der Waals surface area contributed by atoms with Crippen molar-refractivity contribution in [2.75, 3.05) is 7.11 Å². The van der Waals surface area contributed by atoms with Gasteiger partial charge in [0.25, 0.3) is 0 Å². The molecule has 0 amide bonds. The van der Waals surface area contributed by atoms with Crippen molar-refractivity contribution in [1.82, 2.24) is 9.97 Å². The minimum Gasteiger partial charge on any atom is -0.465 e. The number of aromatic nitrogens is 2. The molecular formula is C23H16ClN3O3. The first-order valence-corrected chi connectivity index (χ1v) is 9.43. The zero-order valence-electron chi connectivity index (χ0n) is 16.2. The number of hydrogen-bond acceptors (Lipinski definition) is 5. The Morgan fingerprint density at radius 1 is 1.23 bits per heavy atom. The van der Waals surface area contributed by atoms with Crippen LogP contribution in [0.1, 0.15) is 27.5 Å². The van der Waals surface area contributed by atoms with Gasteiger partial charge >= 0.3 is 5.97 Å². The highest BCUT2D eigenvalue weighted by molar-refractivity contribution is 6.33. The number of rotatable bonds is 4. The molecule has 0 saturated heterocycles. The Bertz CT molecular complexity index is 1340. The number of esters is 1. The van der Waals surface area contributed by atoms with E-state index in [1.807, 2.05) is 25.1 Å². The van der Waals surface area contributed by atoms with E-state index in [1.54, 1.807) is 36.4 Å². The van der Waals surface area contributed by atoms with Gasteiger partial charge in [-0.3, -0.25) is 0 Å². The van der Waals surface area contributed by atoms with Crippen LogP contribution < -0.4 is 0 Å². The van der Waals surface area contributed by atoms with Crippen LogP contribution in [0.3, 0.4) is 0 Å². The lowest BCUT2D eigenvalue weighted by Gasteiger charge is -2.04. The van der Waals surface area contributed by atoms with Crippen LogP contribution >= 0.6 is 11.6 Å². The van der Waals surface area contributed by atoms with E-state index in [1.165, 1.54) is 7.11 Å². The predicted octanol–water partition coefficient (Wildman–Crippen LogP) is 5.64. The van der Waals surface area contributed by atoms with E-state index < -0.39 is 5.97 Å². The van der Waals surface area contributed by atoms with E-state index in [9.17, 15) is 10.1 Å². The number of carbonyl (C=O) groups excluding carboxylic acids is 1. The van der Waals surface area contributed by atoms with E-state index in [0.717, 1.165) is 16.6 Å². The van der Waals surface area contributed by atoms with Crippen LogP contribution in [0.25, 0.3) is 34.0 Å². The summed E-state index contributed by atoms with van der Waals surface area (Å²) in [6.07, 6.45) is 1.62. The van der Waals surface area contributed by atoms with Crippen LogP contribution in [0.4, 0.5) is 0 Å². The summed E-state index contributed by atoms with van der Waals surface area (Å²) in [5.74, 6) is 0.948. The molecule has 2 aromatic carbocycles. The molecule has 0 aliphatic carbocycles. The Hall–Kier alpha value is -3.82. The number of ether oxygens (including phenoxy) is 1. The van der Waals surface area contributed by atoms with Crippen LogP contribution in [-0.4, -0.2) is 23.0 Å². The van der Waals surface area contributed by atoms with Gasteiger partial charge in [0, 0.05) is 11.6 Å². The van der Waals surface area contributed by atoms with Crippen molar-refractivity contribution in [3.63, 3.8) is 0 Å². The monoisotopic (exact) mass is 417 g/mol. The van der Waals surface area contributed by atoms with Gasteiger partial charge in [0.15, 0.2) is 0 Å². The van der Waals surface area contributed by atoms with Gasteiger partial charge in [-0.1, -0.05) is 17.7 Å². The van der Waals surface area contributed by atoms with E-state index in [4.69, 9.17) is 20.8 Å². The minimum absolute atomic E-state index is 0.250. The first-order valence-electron chi connectivity index (χ1n) is 9.05. The Morgan fingerprint density at radius 3 is 2.83 bits per heavy atom. The number of aromatic amines is 1. The molecule has 0 spiro atoms. The summed E-state index contributed by atoms with van der Waals surface area (Å²) in [5.41, 5.74) is 4.01. The van der Waals surface area contributed by atoms with Crippen molar-refractivity contribution < 1.29 is 13.9 Å². The Labute approximate surface area is 177 Å². The standard InChI is InChI=1S/C23H16ClN3O3/c1-13-3-7-19-20(9-13)27-22(26-19)15(12-25)10-16-5-8-21(30-16)14-4-6-18(24)17(11-14)23(28)29-2/h3-11H,1-2H3,(H,26,27)/b15-10+. The summed E-state index contributed by atoms with van der Waals surface area (Å²) in [4.78, 5) is 19.5. The van der Waals surface area contributed by atoms with E-state index in [2.05, 4.69) is 16.0 Å². The number of aryl methyl sites for hydroxylation is 1. The number of fused-ring (bicyclic) bond motifs is 1. The molecule has 0 bridgehead atoms. The van der Waals surface area contributed by atoms with Crippen molar-refractivity contribution in [3.05, 3.63) is 76.3 Å². The normalized spacial score (nSPS) is 11.5. The number of hydrogen-bond donors (Lipinski definition) is 1. The lowest BCUT2D eigenvalue weighted by Crippen LogP contribution is -2.02. The molecule has 0 radical (unpaired) electrons. The molecule has 0 unspecified atom stereocenters. The van der Waals surface area contributed by atoms with Crippen molar-refractivity contribution in [1.29, 1.82) is 5.26 Å². The molecule has 0 atom stereocenters. The third-order valence-electron chi connectivity index (χ3n) is 4.58. The molecule has 30 heavy (non-hydrogen) atoms. The third-order valence-corrected chi connectivity index (χ3v) is 4.91. The van der Waals surface area contributed by atoms with Crippen molar-refractivity contribution in [2.45, 2.75) is 6.92 Å². The van der Waals surface area contributed by atoms with Crippen molar-refractivity contribution >= 4 is 40.3 Å². The van der Waals surface area contributed by atoms with Gasteiger partial charge in [-0.05, 0) is 55.0 Å².